The van der Waals surface area contributed by atoms with Gasteiger partial charge in [-0.05, 0) is 47.5 Å². The van der Waals surface area contributed by atoms with Crippen molar-refractivity contribution in [3.8, 4) is 22.5 Å². The van der Waals surface area contributed by atoms with Crippen LogP contribution >= 0.6 is 0 Å². The van der Waals surface area contributed by atoms with E-state index in [1.807, 2.05) is 42.5 Å². The third-order valence-corrected chi connectivity index (χ3v) is 4.92. The van der Waals surface area contributed by atoms with Crippen LogP contribution in [0.3, 0.4) is 0 Å². The van der Waals surface area contributed by atoms with E-state index in [-0.39, 0.29) is 0 Å². The van der Waals surface area contributed by atoms with Crippen molar-refractivity contribution in [2.75, 3.05) is 10.6 Å². The summed E-state index contributed by atoms with van der Waals surface area (Å²) in [6.45, 7) is 0. The van der Waals surface area contributed by atoms with E-state index in [2.05, 4.69) is 45.8 Å². The number of H-pyrrole nitrogens is 1. The molecule has 1 aromatic carbocycles. The predicted octanol–water partition coefficient (Wildman–Crippen LogP) is 3.95. The van der Waals surface area contributed by atoms with E-state index in [4.69, 9.17) is 0 Å². The summed E-state index contributed by atoms with van der Waals surface area (Å²) in [6.07, 6.45) is 10.4. The van der Waals surface area contributed by atoms with Crippen LogP contribution < -0.4 is 10.6 Å². The van der Waals surface area contributed by atoms with Crippen LogP contribution in [-0.4, -0.2) is 41.1 Å². The molecule has 5 rings (SSSR count). The van der Waals surface area contributed by atoms with Gasteiger partial charge in [-0.25, -0.2) is 24.7 Å². The average Bonchev–Trinajstić information content (AvgIpc) is 3.34. The third-order valence-electron chi connectivity index (χ3n) is 4.92. The first-order valence-electron chi connectivity index (χ1n) is 10.4. The number of rotatable bonds is 6. The number of urea groups is 1. The molecule has 2 amide bonds. The van der Waals surface area contributed by atoms with Crippen molar-refractivity contribution in [3.63, 3.8) is 0 Å². The Hall–Kier alpha value is -4.99. The molecule has 10 nitrogen and oxygen atoms in total. The lowest BCUT2D eigenvalue weighted by atomic mass is 10.1. The predicted molar refractivity (Wildman–Crippen MR) is 127 cm³/mol. The van der Waals surface area contributed by atoms with Gasteiger partial charge in [0.05, 0.1) is 0 Å². The zero-order valence-corrected chi connectivity index (χ0v) is 17.9. The lowest BCUT2D eigenvalue weighted by Gasteiger charge is -2.09. The van der Waals surface area contributed by atoms with Crippen LogP contribution in [0.4, 0.5) is 16.3 Å². The minimum atomic E-state index is -0.397. The topological polar surface area (TPSA) is 134 Å². The number of nitrogens with zero attached hydrogens (tertiary/aromatic N) is 6. The number of carbonyl (C=O) groups excluding carboxylic acids is 1. The Balaban J connectivity index is 1.23. The number of anilines is 2. The molecule has 0 radical (unpaired) electrons. The van der Waals surface area contributed by atoms with E-state index in [9.17, 15) is 4.79 Å². The lowest BCUT2D eigenvalue weighted by molar-refractivity contribution is 0.262. The SMILES string of the molecule is O=C(Nc1cccc(Cc2nc(-c3ccncc3)n[nH]2)c1)Nc1cc(-c2cncnc2)ccn1. The van der Waals surface area contributed by atoms with Crippen LogP contribution in [0, 0.1) is 0 Å². The molecule has 5 aromatic rings. The molecule has 0 saturated heterocycles. The van der Waals surface area contributed by atoms with E-state index in [1.165, 1.54) is 6.33 Å². The van der Waals surface area contributed by atoms with Crippen LogP contribution in [0.1, 0.15) is 11.4 Å². The van der Waals surface area contributed by atoms with E-state index >= 15 is 0 Å². The molecule has 0 aliphatic rings. The van der Waals surface area contributed by atoms with Gasteiger partial charge in [0.2, 0.25) is 0 Å². The fourth-order valence-electron chi connectivity index (χ4n) is 3.36. The molecular formula is C24H19N9O. The van der Waals surface area contributed by atoms with Gasteiger partial charge in [-0.2, -0.15) is 5.10 Å². The van der Waals surface area contributed by atoms with Gasteiger partial charge >= 0.3 is 6.03 Å². The van der Waals surface area contributed by atoms with Crippen molar-refractivity contribution in [2.45, 2.75) is 6.42 Å². The van der Waals surface area contributed by atoms with Gasteiger partial charge in [0.15, 0.2) is 5.82 Å². The highest BCUT2D eigenvalue weighted by Crippen LogP contribution is 2.20. The summed E-state index contributed by atoms with van der Waals surface area (Å²) in [4.78, 5) is 33.3. The fourth-order valence-corrected chi connectivity index (χ4v) is 3.36. The summed E-state index contributed by atoms with van der Waals surface area (Å²) in [5.74, 6) is 1.75. The second kappa shape index (κ2) is 9.65. The standard InChI is InChI=1S/C24H19N9O/c34-24(31-21-12-18(6-9-28-21)19-13-26-15-27-14-19)29-20-3-1-2-16(10-20)11-22-30-23(33-32-22)17-4-7-25-8-5-17/h1-10,12-15H,11H2,(H,30,32,33)(H2,28,29,31,34). The number of aromatic amines is 1. The van der Waals surface area contributed by atoms with Crippen molar-refractivity contribution in [2.24, 2.45) is 0 Å². The molecule has 166 valence electrons. The maximum absolute atomic E-state index is 12.5. The van der Waals surface area contributed by atoms with Crippen molar-refractivity contribution in [1.82, 2.24) is 35.1 Å². The van der Waals surface area contributed by atoms with Gasteiger partial charge < -0.3 is 5.32 Å². The van der Waals surface area contributed by atoms with Crippen LogP contribution in [0.15, 0.2) is 85.8 Å². The molecule has 0 unspecified atom stereocenters. The first-order valence-corrected chi connectivity index (χ1v) is 10.4. The van der Waals surface area contributed by atoms with E-state index in [1.54, 1.807) is 37.1 Å². The van der Waals surface area contributed by atoms with Crippen molar-refractivity contribution < 1.29 is 4.79 Å². The summed E-state index contributed by atoms with van der Waals surface area (Å²) < 4.78 is 0. The Labute approximate surface area is 194 Å². The Kier molecular flexibility index (Phi) is 5.93. The van der Waals surface area contributed by atoms with Gasteiger partial charge in [0, 0.05) is 54.2 Å². The van der Waals surface area contributed by atoms with Gasteiger partial charge in [-0.15, -0.1) is 0 Å². The summed E-state index contributed by atoms with van der Waals surface area (Å²) in [6, 6.07) is 14.4. The highest BCUT2D eigenvalue weighted by molar-refractivity contribution is 5.99. The first kappa shape index (κ1) is 20.9. The summed E-state index contributed by atoms with van der Waals surface area (Å²) >= 11 is 0. The molecule has 0 atom stereocenters. The smallest absolute Gasteiger partial charge is 0.308 e. The van der Waals surface area contributed by atoms with Crippen LogP contribution in [0.5, 0.6) is 0 Å². The number of hydrogen-bond donors (Lipinski definition) is 3. The zero-order valence-electron chi connectivity index (χ0n) is 17.9. The zero-order chi connectivity index (χ0) is 23.2. The summed E-state index contributed by atoms with van der Waals surface area (Å²) in [7, 11) is 0. The van der Waals surface area contributed by atoms with E-state index in [0.717, 1.165) is 28.1 Å². The minimum Gasteiger partial charge on any atom is -0.308 e. The Morgan fingerprint density at radius 2 is 1.68 bits per heavy atom. The second-order valence-corrected chi connectivity index (χ2v) is 7.35. The highest BCUT2D eigenvalue weighted by Gasteiger charge is 2.09. The van der Waals surface area contributed by atoms with Crippen LogP contribution in [0.25, 0.3) is 22.5 Å². The van der Waals surface area contributed by atoms with Crippen molar-refractivity contribution in [3.05, 3.63) is 97.2 Å². The van der Waals surface area contributed by atoms with Gasteiger partial charge in [0.25, 0.3) is 0 Å². The van der Waals surface area contributed by atoms with Gasteiger partial charge in [-0.1, -0.05) is 12.1 Å². The normalized spacial score (nSPS) is 10.6. The van der Waals surface area contributed by atoms with Crippen LogP contribution in [-0.2, 0) is 6.42 Å². The molecule has 4 heterocycles. The fraction of sp³-hybridized carbons (Fsp3) is 0.0417. The molecule has 34 heavy (non-hydrogen) atoms. The molecule has 0 spiro atoms. The lowest BCUT2D eigenvalue weighted by Crippen LogP contribution is -2.20. The molecule has 0 bridgehead atoms. The number of carbonyl (C=O) groups is 1. The molecule has 0 aliphatic carbocycles. The van der Waals surface area contributed by atoms with E-state index < -0.39 is 6.03 Å². The highest BCUT2D eigenvalue weighted by atomic mass is 16.2. The number of nitrogens with one attached hydrogen (secondary N) is 3. The number of hydrogen-bond acceptors (Lipinski definition) is 7. The number of benzene rings is 1. The minimum absolute atomic E-state index is 0.397. The molecule has 4 aromatic heterocycles. The number of amides is 2. The number of pyridine rings is 2. The molecule has 0 fully saturated rings. The Morgan fingerprint density at radius 3 is 2.53 bits per heavy atom. The summed E-state index contributed by atoms with van der Waals surface area (Å²) in [5, 5.41) is 12.8. The van der Waals surface area contributed by atoms with Gasteiger partial charge in [0.1, 0.15) is 18.0 Å². The first-order chi connectivity index (χ1) is 16.7. The molecular weight excluding hydrogens is 430 g/mol. The van der Waals surface area contributed by atoms with E-state index in [0.29, 0.717) is 23.8 Å². The quantitative estimate of drug-likeness (QED) is 0.357. The summed E-state index contributed by atoms with van der Waals surface area (Å²) in [5.41, 5.74) is 4.20. The average molecular weight is 449 g/mol. The Morgan fingerprint density at radius 1 is 0.853 bits per heavy atom. The van der Waals surface area contributed by atoms with Crippen molar-refractivity contribution >= 4 is 17.5 Å². The molecule has 0 aliphatic heterocycles. The van der Waals surface area contributed by atoms with Gasteiger partial charge in [-0.3, -0.25) is 15.4 Å². The Bertz CT molecular complexity index is 1400. The van der Waals surface area contributed by atoms with Crippen molar-refractivity contribution in [1.29, 1.82) is 0 Å². The monoisotopic (exact) mass is 449 g/mol. The largest absolute Gasteiger partial charge is 0.324 e. The molecule has 0 saturated carbocycles. The maximum atomic E-state index is 12.5. The second-order valence-electron chi connectivity index (χ2n) is 7.35. The van der Waals surface area contributed by atoms with Crippen LogP contribution in [0.2, 0.25) is 0 Å². The third kappa shape index (κ3) is 5.07. The number of aromatic nitrogens is 7. The molecule has 3 N–H and O–H groups in total. The molecule has 10 heteroatoms. The maximum Gasteiger partial charge on any atom is 0.324 e.